The first-order valence-electron chi connectivity index (χ1n) is 7.37. The van der Waals surface area contributed by atoms with Gasteiger partial charge in [-0.25, -0.2) is 16.8 Å². The molecule has 0 saturated carbocycles. The second-order valence-electron chi connectivity index (χ2n) is 5.90. The van der Waals surface area contributed by atoms with Crippen molar-refractivity contribution >= 4 is 25.6 Å². The SMILES string of the molecule is CCN(C(=O)c1cc(S(C)(=O)=O)ccc1C)C1CCS(=O)(=O)C1. The highest BCUT2D eigenvalue weighted by Crippen LogP contribution is 2.22. The molecule has 0 aliphatic carbocycles. The summed E-state index contributed by atoms with van der Waals surface area (Å²) in [4.78, 5) is 14.4. The van der Waals surface area contributed by atoms with Gasteiger partial charge in [0.25, 0.3) is 5.91 Å². The Hall–Kier alpha value is -1.41. The van der Waals surface area contributed by atoms with Crippen LogP contribution >= 0.6 is 0 Å². The van der Waals surface area contributed by atoms with Crippen molar-refractivity contribution in [1.82, 2.24) is 4.90 Å². The van der Waals surface area contributed by atoms with Gasteiger partial charge in [-0.3, -0.25) is 4.79 Å². The van der Waals surface area contributed by atoms with Gasteiger partial charge < -0.3 is 4.90 Å². The van der Waals surface area contributed by atoms with E-state index in [-0.39, 0.29) is 28.4 Å². The number of carbonyl (C=O) groups excluding carboxylic acids is 1. The molecule has 1 heterocycles. The van der Waals surface area contributed by atoms with Gasteiger partial charge in [-0.2, -0.15) is 0 Å². The third kappa shape index (κ3) is 3.92. The molecule has 0 N–H and O–H groups in total. The molecular weight excluding hydrogens is 338 g/mol. The van der Waals surface area contributed by atoms with E-state index < -0.39 is 19.7 Å². The number of amides is 1. The zero-order valence-electron chi connectivity index (χ0n) is 13.4. The monoisotopic (exact) mass is 359 g/mol. The van der Waals surface area contributed by atoms with Gasteiger partial charge in [-0.05, 0) is 38.0 Å². The molecule has 0 radical (unpaired) electrons. The van der Waals surface area contributed by atoms with Crippen molar-refractivity contribution in [1.29, 1.82) is 0 Å². The Labute approximate surface area is 137 Å². The minimum absolute atomic E-state index is 0.0304. The first-order chi connectivity index (χ1) is 10.5. The molecule has 0 bridgehead atoms. The molecule has 23 heavy (non-hydrogen) atoms. The van der Waals surface area contributed by atoms with Crippen LogP contribution in [0.2, 0.25) is 0 Å². The molecular formula is C15H21NO5S2. The van der Waals surface area contributed by atoms with E-state index in [1.807, 2.05) is 0 Å². The topological polar surface area (TPSA) is 88.6 Å². The van der Waals surface area contributed by atoms with Crippen molar-refractivity contribution in [3.05, 3.63) is 29.3 Å². The van der Waals surface area contributed by atoms with Crippen LogP contribution in [0, 0.1) is 6.92 Å². The van der Waals surface area contributed by atoms with Crippen LogP contribution in [-0.2, 0) is 19.7 Å². The number of aryl methyl sites for hydroxylation is 1. The third-order valence-electron chi connectivity index (χ3n) is 4.12. The molecule has 0 spiro atoms. The molecule has 1 fully saturated rings. The van der Waals surface area contributed by atoms with Crippen LogP contribution in [0.25, 0.3) is 0 Å². The summed E-state index contributed by atoms with van der Waals surface area (Å²) in [5.41, 5.74) is 0.973. The second-order valence-corrected chi connectivity index (χ2v) is 10.1. The lowest BCUT2D eigenvalue weighted by Crippen LogP contribution is -2.41. The van der Waals surface area contributed by atoms with Gasteiger partial charge >= 0.3 is 0 Å². The zero-order valence-corrected chi connectivity index (χ0v) is 15.1. The average molecular weight is 359 g/mol. The van der Waals surface area contributed by atoms with E-state index >= 15 is 0 Å². The smallest absolute Gasteiger partial charge is 0.254 e. The lowest BCUT2D eigenvalue weighted by Gasteiger charge is -2.27. The molecule has 1 atom stereocenters. The Morgan fingerprint density at radius 2 is 2.00 bits per heavy atom. The van der Waals surface area contributed by atoms with Crippen LogP contribution < -0.4 is 0 Å². The number of hydrogen-bond donors (Lipinski definition) is 0. The summed E-state index contributed by atoms with van der Waals surface area (Å²) in [6.45, 7) is 3.90. The van der Waals surface area contributed by atoms with Crippen molar-refractivity contribution in [2.24, 2.45) is 0 Å². The molecule has 1 saturated heterocycles. The Kier molecular flexibility index (Phi) is 4.86. The van der Waals surface area contributed by atoms with E-state index in [1.54, 1.807) is 19.9 Å². The van der Waals surface area contributed by atoms with Crippen molar-refractivity contribution in [2.45, 2.75) is 31.2 Å². The fourth-order valence-corrected chi connectivity index (χ4v) is 5.18. The Balaban J connectivity index is 2.38. The molecule has 6 nitrogen and oxygen atoms in total. The van der Waals surface area contributed by atoms with E-state index in [1.165, 1.54) is 17.0 Å². The van der Waals surface area contributed by atoms with Gasteiger partial charge in [0, 0.05) is 24.4 Å². The summed E-state index contributed by atoms with van der Waals surface area (Å²) in [6.07, 6.45) is 1.51. The van der Waals surface area contributed by atoms with Gasteiger partial charge in [0.15, 0.2) is 19.7 Å². The minimum atomic E-state index is -3.41. The number of carbonyl (C=O) groups is 1. The van der Waals surface area contributed by atoms with E-state index in [2.05, 4.69) is 0 Å². The van der Waals surface area contributed by atoms with Gasteiger partial charge in [0.1, 0.15) is 0 Å². The number of benzene rings is 1. The lowest BCUT2D eigenvalue weighted by atomic mass is 10.1. The molecule has 1 aliphatic rings. The maximum atomic E-state index is 12.8. The number of hydrogen-bond acceptors (Lipinski definition) is 5. The van der Waals surface area contributed by atoms with Crippen LogP contribution in [-0.4, -0.2) is 58.0 Å². The molecule has 8 heteroatoms. The van der Waals surface area contributed by atoms with E-state index in [0.717, 1.165) is 6.26 Å². The highest BCUT2D eigenvalue weighted by molar-refractivity contribution is 7.91. The quantitative estimate of drug-likeness (QED) is 0.802. The second kappa shape index (κ2) is 6.24. The van der Waals surface area contributed by atoms with Crippen LogP contribution in [0.5, 0.6) is 0 Å². The first-order valence-corrected chi connectivity index (χ1v) is 11.1. The summed E-state index contributed by atoms with van der Waals surface area (Å²) >= 11 is 0. The fourth-order valence-electron chi connectivity index (χ4n) is 2.81. The van der Waals surface area contributed by atoms with Gasteiger partial charge in [0.2, 0.25) is 0 Å². The van der Waals surface area contributed by atoms with Crippen LogP contribution in [0.15, 0.2) is 23.1 Å². The van der Waals surface area contributed by atoms with Crippen molar-refractivity contribution in [2.75, 3.05) is 24.3 Å². The standard InChI is InChI=1S/C15H21NO5S2/c1-4-16(12-7-8-23(20,21)10-12)15(17)14-9-13(22(3,18)19)6-5-11(14)2/h5-6,9,12H,4,7-8,10H2,1-3H3. The predicted molar refractivity (Wildman–Crippen MR) is 88.1 cm³/mol. The maximum Gasteiger partial charge on any atom is 0.254 e. The summed E-state index contributed by atoms with van der Waals surface area (Å²) in [5.74, 6) is -0.265. The lowest BCUT2D eigenvalue weighted by molar-refractivity contribution is 0.0707. The molecule has 1 aliphatic heterocycles. The molecule has 1 unspecified atom stereocenters. The number of nitrogens with zero attached hydrogens (tertiary/aromatic N) is 1. The van der Waals surface area contributed by atoms with Crippen LogP contribution in [0.4, 0.5) is 0 Å². The summed E-state index contributed by atoms with van der Waals surface area (Å²) in [6, 6.07) is 4.10. The molecule has 1 aromatic carbocycles. The average Bonchev–Trinajstić information content (AvgIpc) is 2.78. The summed E-state index contributed by atoms with van der Waals surface area (Å²) in [5, 5.41) is 0. The Morgan fingerprint density at radius 1 is 1.35 bits per heavy atom. The van der Waals surface area contributed by atoms with Gasteiger partial charge in [0.05, 0.1) is 16.4 Å². The minimum Gasteiger partial charge on any atom is -0.335 e. The largest absolute Gasteiger partial charge is 0.335 e. The molecule has 2 rings (SSSR count). The molecule has 0 aromatic heterocycles. The van der Waals surface area contributed by atoms with Crippen LogP contribution in [0.1, 0.15) is 29.3 Å². The highest BCUT2D eigenvalue weighted by Gasteiger charge is 2.34. The predicted octanol–water partition coefficient (Wildman–Crippen LogP) is 1.05. The van der Waals surface area contributed by atoms with Crippen LogP contribution in [0.3, 0.4) is 0 Å². The van der Waals surface area contributed by atoms with Gasteiger partial charge in [-0.1, -0.05) is 6.07 Å². The fraction of sp³-hybridized carbons (Fsp3) is 0.533. The Bertz CT molecular complexity index is 827. The Morgan fingerprint density at radius 3 is 2.48 bits per heavy atom. The van der Waals surface area contributed by atoms with E-state index in [0.29, 0.717) is 24.1 Å². The molecule has 128 valence electrons. The molecule has 1 aromatic rings. The van der Waals surface area contributed by atoms with Gasteiger partial charge in [-0.15, -0.1) is 0 Å². The van der Waals surface area contributed by atoms with Crippen molar-refractivity contribution in [3.63, 3.8) is 0 Å². The van der Waals surface area contributed by atoms with Crippen molar-refractivity contribution < 1.29 is 21.6 Å². The summed E-state index contributed by atoms with van der Waals surface area (Å²) in [7, 11) is -6.51. The third-order valence-corrected chi connectivity index (χ3v) is 6.98. The van der Waals surface area contributed by atoms with E-state index in [9.17, 15) is 21.6 Å². The normalized spacial score (nSPS) is 20.4. The first kappa shape index (κ1) is 17.9. The number of rotatable bonds is 4. The maximum absolute atomic E-state index is 12.8. The van der Waals surface area contributed by atoms with Crippen molar-refractivity contribution in [3.8, 4) is 0 Å². The molecule has 1 amide bonds. The highest BCUT2D eigenvalue weighted by atomic mass is 32.2. The summed E-state index contributed by atoms with van der Waals surface area (Å²) < 4.78 is 46.7. The zero-order chi connectivity index (χ0) is 17.4. The van der Waals surface area contributed by atoms with E-state index in [4.69, 9.17) is 0 Å². The number of sulfone groups is 2.